The molecular formula is C51H36N2. The molecule has 0 spiro atoms. The fraction of sp³-hybridized carbons (Fsp3) is 0.0196. The van der Waals surface area contributed by atoms with Gasteiger partial charge in [-0.3, -0.25) is 0 Å². The number of hydrogen-bond acceptors (Lipinski definition) is 1. The standard InChI is InChI=1S/C51H36N2/c1-5-15-39(16-6-1)49-45-34-31-40(35-47(45)50-46-23-13-14-24-48(46)53(51(49)50)43-21-11-4-12-22-43)38-27-25-36(26-28-38)37-29-32-44(33-30-37)52(41-17-7-2-8-18-41)42-19-9-3-10-20-42/h1-35,49H. The van der Waals surface area contributed by atoms with Gasteiger partial charge in [-0.25, -0.2) is 0 Å². The van der Waals surface area contributed by atoms with E-state index in [-0.39, 0.29) is 5.92 Å². The summed E-state index contributed by atoms with van der Waals surface area (Å²) in [4.78, 5) is 2.30. The summed E-state index contributed by atoms with van der Waals surface area (Å²) >= 11 is 0. The van der Waals surface area contributed by atoms with Crippen molar-refractivity contribution in [2.24, 2.45) is 0 Å². The maximum atomic E-state index is 2.49. The second kappa shape index (κ2) is 13.0. The highest BCUT2D eigenvalue weighted by atomic mass is 15.1. The number of nitrogens with zero attached hydrogens (tertiary/aromatic N) is 2. The van der Waals surface area contributed by atoms with Crippen molar-refractivity contribution in [2.45, 2.75) is 5.92 Å². The van der Waals surface area contributed by atoms with Gasteiger partial charge >= 0.3 is 0 Å². The second-order valence-corrected chi connectivity index (χ2v) is 13.7. The Morgan fingerprint density at radius 1 is 0.396 bits per heavy atom. The molecule has 2 heteroatoms. The summed E-state index contributed by atoms with van der Waals surface area (Å²) in [6, 6.07) is 76.8. The van der Waals surface area contributed by atoms with Gasteiger partial charge in [0.1, 0.15) is 0 Å². The van der Waals surface area contributed by atoms with E-state index in [0.717, 1.165) is 17.1 Å². The molecule has 53 heavy (non-hydrogen) atoms. The summed E-state index contributed by atoms with van der Waals surface area (Å²) in [5, 5.41) is 1.29. The Kier molecular flexibility index (Phi) is 7.58. The molecule has 0 saturated carbocycles. The van der Waals surface area contributed by atoms with Crippen molar-refractivity contribution >= 4 is 28.0 Å². The maximum Gasteiger partial charge on any atom is 0.0538 e. The molecule has 1 unspecified atom stereocenters. The maximum absolute atomic E-state index is 2.49. The van der Waals surface area contributed by atoms with Gasteiger partial charge in [0.05, 0.1) is 11.4 Å². The molecule has 0 aliphatic heterocycles. The number of para-hydroxylation sites is 4. The second-order valence-electron chi connectivity index (χ2n) is 13.7. The minimum Gasteiger partial charge on any atom is -0.312 e. The Hall–Kier alpha value is -6.90. The van der Waals surface area contributed by atoms with Gasteiger partial charge in [-0.05, 0) is 99.6 Å². The summed E-state index contributed by atoms with van der Waals surface area (Å²) in [5.41, 5.74) is 17.3. The first kappa shape index (κ1) is 30.9. The molecule has 0 amide bonds. The fourth-order valence-electron chi connectivity index (χ4n) is 8.27. The molecule has 1 atom stereocenters. The van der Waals surface area contributed by atoms with Crippen LogP contribution in [0.15, 0.2) is 212 Å². The zero-order valence-corrected chi connectivity index (χ0v) is 29.2. The quantitative estimate of drug-likeness (QED) is 0.163. The highest BCUT2D eigenvalue weighted by Crippen LogP contribution is 2.54. The minimum atomic E-state index is 0.132. The van der Waals surface area contributed by atoms with Crippen LogP contribution in [0, 0.1) is 0 Å². The third-order valence-electron chi connectivity index (χ3n) is 10.7. The van der Waals surface area contributed by atoms with Crippen LogP contribution in [-0.2, 0) is 0 Å². The molecule has 0 N–H and O–H groups in total. The lowest BCUT2D eigenvalue weighted by molar-refractivity contribution is 0.903. The van der Waals surface area contributed by atoms with E-state index in [1.54, 1.807) is 0 Å². The molecule has 9 aromatic rings. The van der Waals surface area contributed by atoms with Crippen molar-refractivity contribution in [3.63, 3.8) is 0 Å². The van der Waals surface area contributed by atoms with Crippen LogP contribution in [0.2, 0.25) is 0 Å². The van der Waals surface area contributed by atoms with E-state index in [0.29, 0.717) is 0 Å². The zero-order chi connectivity index (χ0) is 35.1. The molecule has 10 rings (SSSR count). The topological polar surface area (TPSA) is 8.17 Å². The van der Waals surface area contributed by atoms with Crippen LogP contribution in [0.1, 0.15) is 22.7 Å². The largest absolute Gasteiger partial charge is 0.312 e. The van der Waals surface area contributed by atoms with E-state index in [1.165, 1.54) is 66.8 Å². The number of benzene rings is 8. The first-order chi connectivity index (χ1) is 26.3. The van der Waals surface area contributed by atoms with E-state index in [1.807, 2.05) is 0 Å². The van der Waals surface area contributed by atoms with Gasteiger partial charge in [0.2, 0.25) is 0 Å². The van der Waals surface area contributed by atoms with Crippen molar-refractivity contribution in [3.05, 3.63) is 229 Å². The Labute approximate surface area is 310 Å². The van der Waals surface area contributed by atoms with Crippen LogP contribution in [-0.4, -0.2) is 4.57 Å². The van der Waals surface area contributed by atoms with E-state index in [2.05, 4.69) is 222 Å². The van der Waals surface area contributed by atoms with Crippen LogP contribution in [0.25, 0.3) is 50.0 Å². The van der Waals surface area contributed by atoms with Crippen molar-refractivity contribution in [1.29, 1.82) is 0 Å². The van der Waals surface area contributed by atoms with E-state index >= 15 is 0 Å². The van der Waals surface area contributed by atoms with Gasteiger partial charge in [0, 0.05) is 39.4 Å². The summed E-state index contributed by atoms with van der Waals surface area (Å²) < 4.78 is 2.49. The van der Waals surface area contributed by atoms with Crippen LogP contribution in [0.3, 0.4) is 0 Å². The van der Waals surface area contributed by atoms with E-state index in [9.17, 15) is 0 Å². The van der Waals surface area contributed by atoms with Gasteiger partial charge in [-0.2, -0.15) is 0 Å². The molecule has 0 bridgehead atoms. The SMILES string of the molecule is c1ccc(C2c3ccc(-c4ccc(-c5ccc(N(c6ccccc6)c6ccccc6)cc5)cc4)cc3-c3c2n(-c2ccccc2)c2ccccc32)cc1. The van der Waals surface area contributed by atoms with Gasteiger partial charge in [0.15, 0.2) is 0 Å². The molecule has 1 heterocycles. The Balaban J connectivity index is 1.02. The van der Waals surface area contributed by atoms with Crippen LogP contribution in [0.5, 0.6) is 0 Å². The summed E-state index contributed by atoms with van der Waals surface area (Å²) in [7, 11) is 0. The van der Waals surface area contributed by atoms with Crippen LogP contribution < -0.4 is 4.90 Å². The number of anilines is 3. The number of fused-ring (bicyclic) bond motifs is 5. The lowest BCUT2D eigenvalue weighted by atomic mass is 9.90. The monoisotopic (exact) mass is 676 g/mol. The normalized spacial score (nSPS) is 13.1. The summed E-state index contributed by atoms with van der Waals surface area (Å²) in [6.07, 6.45) is 0. The smallest absolute Gasteiger partial charge is 0.0538 e. The van der Waals surface area contributed by atoms with Gasteiger partial charge in [0.25, 0.3) is 0 Å². The molecular weight excluding hydrogens is 641 g/mol. The number of rotatable bonds is 7. The zero-order valence-electron chi connectivity index (χ0n) is 29.2. The third-order valence-corrected chi connectivity index (χ3v) is 10.7. The highest BCUT2D eigenvalue weighted by molar-refractivity contribution is 6.04. The van der Waals surface area contributed by atoms with Crippen molar-refractivity contribution in [2.75, 3.05) is 4.90 Å². The molecule has 1 aliphatic carbocycles. The Morgan fingerprint density at radius 3 is 1.49 bits per heavy atom. The summed E-state index contributed by atoms with van der Waals surface area (Å²) in [5.74, 6) is 0.132. The molecule has 8 aromatic carbocycles. The highest BCUT2D eigenvalue weighted by Gasteiger charge is 2.36. The average Bonchev–Trinajstić information content (AvgIpc) is 3.75. The van der Waals surface area contributed by atoms with Crippen molar-refractivity contribution in [3.8, 4) is 39.1 Å². The molecule has 2 nitrogen and oxygen atoms in total. The summed E-state index contributed by atoms with van der Waals surface area (Å²) in [6.45, 7) is 0. The van der Waals surface area contributed by atoms with Gasteiger partial charge in [-0.1, -0.05) is 152 Å². The molecule has 0 saturated heterocycles. The third kappa shape index (κ3) is 5.35. The minimum absolute atomic E-state index is 0.132. The molecule has 250 valence electrons. The number of hydrogen-bond donors (Lipinski definition) is 0. The van der Waals surface area contributed by atoms with E-state index in [4.69, 9.17) is 0 Å². The molecule has 1 aliphatic rings. The predicted molar refractivity (Wildman–Crippen MR) is 222 cm³/mol. The van der Waals surface area contributed by atoms with E-state index < -0.39 is 0 Å². The lowest BCUT2D eigenvalue weighted by Crippen LogP contribution is -2.09. The average molecular weight is 677 g/mol. The Morgan fingerprint density at radius 2 is 0.868 bits per heavy atom. The first-order valence-corrected chi connectivity index (χ1v) is 18.3. The van der Waals surface area contributed by atoms with Gasteiger partial charge in [-0.15, -0.1) is 0 Å². The van der Waals surface area contributed by atoms with Gasteiger partial charge < -0.3 is 9.47 Å². The number of aromatic nitrogens is 1. The fourth-order valence-corrected chi connectivity index (χ4v) is 8.27. The predicted octanol–water partition coefficient (Wildman–Crippen LogP) is 13.6. The lowest BCUT2D eigenvalue weighted by Gasteiger charge is -2.25. The molecule has 0 fully saturated rings. The molecule has 1 aromatic heterocycles. The first-order valence-electron chi connectivity index (χ1n) is 18.3. The van der Waals surface area contributed by atoms with Crippen molar-refractivity contribution in [1.82, 2.24) is 4.57 Å². The van der Waals surface area contributed by atoms with Crippen LogP contribution >= 0.6 is 0 Å². The molecule has 0 radical (unpaired) electrons. The van der Waals surface area contributed by atoms with Crippen molar-refractivity contribution < 1.29 is 0 Å². The Bertz CT molecular complexity index is 2640. The van der Waals surface area contributed by atoms with Crippen LogP contribution in [0.4, 0.5) is 17.1 Å².